The van der Waals surface area contributed by atoms with Crippen LogP contribution in [0, 0.1) is 10.1 Å². The number of nitrogens with one attached hydrogen (secondary N) is 1. The van der Waals surface area contributed by atoms with Gasteiger partial charge in [0.25, 0.3) is 11.6 Å². The fraction of sp³-hybridized carbons (Fsp3) is 0. The molecule has 22 heavy (non-hydrogen) atoms. The predicted molar refractivity (Wildman–Crippen MR) is 76.1 cm³/mol. The third kappa shape index (κ3) is 3.01. The fourth-order valence-electron chi connectivity index (χ4n) is 1.79. The minimum absolute atomic E-state index is 0.0443. The zero-order valence-electron chi connectivity index (χ0n) is 11.0. The molecule has 8 heteroatoms. The quantitative estimate of drug-likeness (QED) is 0.586. The molecule has 2 rings (SSSR count). The van der Waals surface area contributed by atoms with Crippen molar-refractivity contribution in [2.75, 3.05) is 5.32 Å². The maximum absolute atomic E-state index is 12.0. The Bertz CT molecular complexity index is 772. The molecule has 2 aromatic rings. The van der Waals surface area contributed by atoms with Crippen molar-refractivity contribution in [3.63, 3.8) is 0 Å². The van der Waals surface area contributed by atoms with Crippen molar-refractivity contribution < 1.29 is 24.7 Å². The van der Waals surface area contributed by atoms with E-state index in [0.29, 0.717) is 0 Å². The SMILES string of the molecule is O=C(Nc1ccc([N+](=O)[O-])cc1C(=O)O)c1ccccc1O. The summed E-state index contributed by atoms with van der Waals surface area (Å²) in [7, 11) is 0. The Morgan fingerprint density at radius 1 is 1.09 bits per heavy atom. The number of phenols is 1. The third-order valence-corrected chi connectivity index (χ3v) is 2.84. The number of anilines is 1. The van der Waals surface area contributed by atoms with E-state index in [4.69, 9.17) is 5.11 Å². The molecule has 0 fully saturated rings. The number of hydrogen-bond donors (Lipinski definition) is 3. The number of nitrogens with zero attached hydrogens (tertiary/aromatic N) is 1. The summed E-state index contributed by atoms with van der Waals surface area (Å²) in [5.41, 5.74) is -0.973. The van der Waals surface area contributed by atoms with E-state index in [9.17, 15) is 24.8 Å². The number of rotatable bonds is 4. The molecular weight excluding hydrogens is 292 g/mol. The summed E-state index contributed by atoms with van der Waals surface area (Å²) in [4.78, 5) is 33.1. The second kappa shape index (κ2) is 5.92. The summed E-state index contributed by atoms with van der Waals surface area (Å²) in [5, 5.41) is 31.7. The number of nitro benzene ring substituents is 1. The second-order valence-electron chi connectivity index (χ2n) is 4.26. The first-order valence-electron chi connectivity index (χ1n) is 6.01. The highest BCUT2D eigenvalue weighted by atomic mass is 16.6. The molecule has 0 atom stereocenters. The van der Waals surface area contributed by atoms with Crippen LogP contribution < -0.4 is 5.32 Å². The van der Waals surface area contributed by atoms with E-state index >= 15 is 0 Å². The number of non-ortho nitro benzene ring substituents is 1. The molecule has 1 amide bonds. The van der Waals surface area contributed by atoms with Crippen LogP contribution in [0.3, 0.4) is 0 Å². The highest BCUT2D eigenvalue weighted by Gasteiger charge is 2.19. The highest BCUT2D eigenvalue weighted by Crippen LogP contribution is 2.24. The first-order valence-corrected chi connectivity index (χ1v) is 6.01. The number of nitro groups is 1. The van der Waals surface area contributed by atoms with Gasteiger partial charge in [0.2, 0.25) is 0 Å². The van der Waals surface area contributed by atoms with Gasteiger partial charge in [-0.25, -0.2) is 4.79 Å². The summed E-state index contributed by atoms with van der Waals surface area (Å²) in [6, 6.07) is 8.78. The number of carboxylic acid groups (broad SMARTS) is 1. The molecule has 0 aliphatic rings. The molecule has 112 valence electrons. The van der Waals surface area contributed by atoms with E-state index in [1.807, 2.05) is 0 Å². The Kier molecular flexibility index (Phi) is 4.03. The molecule has 0 aliphatic carbocycles. The van der Waals surface area contributed by atoms with Gasteiger partial charge in [-0.2, -0.15) is 0 Å². The van der Waals surface area contributed by atoms with Gasteiger partial charge in [-0.1, -0.05) is 12.1 Å². The zero-order chi connectivity index (χ0) is 16.3. The van der Waals surface area contributed by atoms with Crippen molar-refractivity contribution >= 4 is 23.3 Å². The van der Waals surface area contributed by atoms with Crippen LogP contribution in [0.15, 0.2) is 42.5 Å². The average molecular weight is 302 g/mol. The number of aromatic carboxylic acids is 1. The van der Waals surface area contributed by atoms with Gasteiger partial charge in [-0.05, 0) is 18.2 Å². The number of carbonyl (C=O) groups is 2. The van der Waals surface area contributed by atoms with Crippen molar-refractivity contribution in [3.05, 3.63) is 63.7 Å². The van der Waals surface area contributed by atoms with Crippen molar-refractivity contribution in [1.29, 1.82) is 0 Å². The molecule has 0 spiro atoms. The number of phenolic OH excluding ortho intramolecular Hbond substituents is 1. The molecule has 0 aromatic heterocycles. The van der Waals surface area contributed by atoms with Gasteiger partial charge in [0.15, 0.2) is 0 Å². The molecule has 0 radical (unpaired) electrons. The van der Waals surface area contributed by atoms with Crippen LogP contribution in [0.4, 0.5) is 11.4 Å². The predicted octanol–water partition coefficient (Wildman–Crippen LogP) is 2.25. The van der Waals surface area contributed by atoms with Crippen molar-refractivity contribution in [2.45, 2.75) is 0 Å². The van der Waals surface area contributed by atoms with Crippen molar-refractivity contribution in [3.8, 4) is 5.75 Å². The van der Waals surface area contributed by atoms with Crippen LogP contribution in [0.25, 0.3) is 0 Å². The number of aromatic hydroxyl groups is 1. The van der Waals surface area contributed by atoms with E-state index in [2.05, 4.69) is 5.32 Å². The van der Waals surface area contributed by atoms with Crippen LogP contribution in [0.1, 0.15) is 20.7 Å². The number of hydrogen-bond acceptors (Lipinski definition) is 5. The van der Waals surface area contributed by atoms with Gasteiger partial charge in [0, 0.05) is 12.1 Å². The molecule has 0 unspecified atom stereocenters. The standard InChI is InChI=1S/C14H10N2O6/c17-12-4-2-1-3-9(12)13(18)15-11-6-5-8(16(21)22)7-10(11)14(19)20/h1-7,17H,(H,15,18)(H,19,20). The molecule has 0 heterocycles. The largest absolute Gasteiger partial charge is 0.507 e. The first-order chi connectivity index (χ1) is 10.4. The molecule has 0 saturated heterocycles. The summed E-state index contributed by atoms with van der Waals surface area (Å²) in [6.45, 7) is 0. The maximum Gasteiger partial charge on any atom is 0.338 e. The van der Waals surface area contributed by atoms with Crippen LogP contribution in [0.2, 0.25) is 0 Å². The lowest BCUT2D eigenvalue weighted by molar-refractivity contribution is -0.384. The summed E-state index contributed by atoms with van der Waals surface area (Å²) in [6.07, 6.45) is 0. The Morgan fingerprint density at radius 2 is 1.77 bits per heavy atom. The number of carbonyl (C=O) groups excluding carboxylic acids is 1. The maximum atomic E-state index is 12.0. The van der Waals surface area contributed by atoms with Crippen molar-refractivity contribution in [2.24, 2.45) is 0 Å². The van der Waals surface area contributed by atoms with Gasteiger partial charge in [0.05, 0.1) is 21.7 Å². The molecule has 8 nitrogen and oxygen atoms in total. The Hall–Kier alpha value is -3.42. The van der Waals surface area contributed by atoms with E-state index in [-0.39, 0.29) is 17.0 Å². The average Bonchev–Trinajstić information content (AvgIpc) is 2.47. The van der Waals surface area contributed by atoms with E-state index in [1.165, 1.54) is 24.3 Å². The van der Waals surface area contributed by atoms with Gasteiger partial charge in [-0.3, -0.25) is 14.9 Å². The normalized spacial score (nSPS) is 10.0. The van der Waals surface area contributed by atoms with Gasteiger partial charge in [-0.15, -0.1) is 0 Å². The van der Waals surface area contributed by atoms with Crippen LogP contribution in [-0.2, 0) is 0 Å². The first kappa shape index (κ1) is 15.0. The zero-order valence-corrected chi connectivity index (χ0v) is 11.0. The van der Waals surface area contributed by atoms with E-state index < -0.39 is 28.1 Å². The summed E-state index contributed by atoms with van der Waals surface area (Å²) < 4.78 is 0. The topological polar surface area (TPSA) is 130 Å². The lowest BCUT2D eigenvalue weighted by atomic mass is 10.1. The molecular formula is C14H10N2O6. The number of para-hydroxylation sites is 1. The Labute approximate surface area is 123 Å². The van der Waals surface area contributed by atoms with E-state index in [0.717, 1.165) is 18.2 Å². The number of amides is 1. The van der Waals surface area contributed by atoms with Gasteiger partial charge < -0.3 is 15.5 Å². The molecule has 0 bridgehead atoms. The smallest absolute Gasteiger partial charge is 0.338 e. The monoisotopic (exact) mass is 302 g/mol. The minimum Gasteiger partial charge on any atom is -0.507 e. The summed E-state index contributed by atoms with van der Waals surface area (Å²) >= 11 is 0. The van der Waals surface area contributed by atoms with Gasteiger partial charge >= 0.3 is 5.97 Å². The van der Waals surface area contributed by atoms with Crippen LogP contribution in [0.5, 0.6) is 5.75 Å². The Morgan fingerprint density at radius 3 is 2.36 bits per heavy atom. The highest BCUT2D eigenvalue weighted by molar-refractivity contribution is 6.09. The molecule has 2 aromatic carbocycles. The molecule has 0 aliphatic heterocycles. The van der Waals surface area contributed by atoms with Gasteiger partial charge in [0.1, 0.15) is 5.75 Å². The lowest BCUT2D eigenvalue weighted by Gasteiger charge is -2.09. The second-order valence-corrected chi connectivity index (χ2v) is 4.26. The third-order valence-electron chi connectivity index (χ3n) is 2.84. The van der Waals surface area contributed by atoms with E-state index in [1.54, 1.807) is 0 Å². The molecule has 0 saturated carbocycles. The number of carboxylic acids is 1. The molecule has 3 N–H and O–H groups in total. The fourth-order valence-corrected chi connectivity index (χ4v) is 1.79. The van der Waals surface area contributed by atoms with Crippen LogP contribution >= 0.6 is 0 Å². The van der Waals surface area contributed by atoms with Crippen molar-refractivity contribution in [1.82, 2.24) is 0 Å². The minimum atomic E-state index is -1.42. The van der Waals surface area contributed by atoms with Crippen LogP contribution in [-0.4, -0.2) is 27.0 Å². The number of benzene rings is 2. The summed E-state index contributed by atoms with van der Waals surface area (Å²) in [5.74, 6) is -2.41. The Balaban J connectivity index is 2.37. The lowest BCUT2D eigenvalue weighted by Crippen LogP contribution is -2.15.